The predicted octanol–water partition coefficient (Wildman–Crippen LogP) is 5.66. The fraction of sp³-hybridized carbons (Fsp3) is 0.250. The van der Waals surface area contributed by atoms with Crippen LogP contribution in [0.1, 0.15) is 37.8 Å². The number of nitrogens with two attached hydrogens (primary N) is 1. The lowest BCUT2D eigenvalue weighted by Gasteiger charge is -2.26. The summed E-state index contributed by atoms with van der Waals surface area (Å²) < 4.78 is 36.6. The first-order valence-electron chi connectivity index (χ1n) is 10.0. The van der Waals surface area contributed by atoms with Gasteiger partial charge < -0.3 is 14.7 Å². The first-order chi connectivity index (χ1) is 14.7. The molecule has 164 valence electrons. The van der Waals surface area contributed by atoms with E-state index in [0.29, 0.717) is 22.9 Å². The molecule has 2 N–H and O–H groups in total. The van der Waals surface area contributed by atoms with E-state index in [1.54, 1.807) is 24.3 Å². The van der Waals surface area contributed by atoms with Crippen molar-refractivity contribution in [1.82, 2.24) is 0 Å². The van der Waals surface area contributed by atoms with E-state index >= 15 is 0 Å². The molecule has 0 radical (unpaired) electrons. The normalized spacial score (nSPS) is 13.4. The third-order valence-electron chi connectivity index (χ3n) is 4.87. The molecular weight excluding hydrogens is 434 g/mol. The SMILES string of the molecule is CCCC(C)(N)c1ccc(S(=O)(=O)Oc2cccc(OCc3ccccc3)c2)cc1Cl. The van der Waals surface area contributed by atoms with Gasteiger partial charge in [0, 0.05) is 16.6 Å². The van der Waals surface area contributed by atoms with Crippen molar-refractivity contribution in [2.45, 2.75) is 43.7 Å². The van der Waals surface area contributed by atoms with Crippen LogP contribution >= 0.6 is 11.6 Å². The van der Waals surface area contributed by atoms with Crippen molar-refractivity contribution in [3.8, 4) is 11.5 Å². The first-order valence-corrected chi connectivity index (χ1v) is 11.8. The summed E-state index contributed by atoms with van der Waals surface area (Å²) in [5.74, 6) is 0.656. The Morgan fingerprint density at radius 2 is 1.68 bits per heavy atom. The molecular formula is C24H26ClNO4S. The van der Waals surface area contributed by atoms with E-state index < -0.39 is 15.7 Å². The quantitative estimate of drug-likeness (QED) is 0.417. The number of hydrogen-bond donors (Lipinski definition) is 1. The number of ether oxygens (including phenoxy) is 1. The second-order valence-electron chi connectivity index (χ2n) is 7.60. The number of rotatable bonds is 9. The summed E-state index contributed by atoms with van der Waals surface area (Å²) in [6, 6.07) is 20.7. The lowest BCUT2D eigenvalue weighted by molar-refractivity contribution is 0.305. The largest absolute Gasteiger partial charge is 0.489 e. The Bertz CT molecular complexity index is 1130. The molecule has 0 aliphatic carbocycles. The Hall–Kier alpha value is -2.54. The minimum Gasteiger partial charge on any atom is -0.489 e. The van der Waals surface area contributed by atoms with Gasteiger partial charge in [-0.25, -0.2) is 0 Å². The van der Waals surface area contributed by atoms with Crippen LogP contribution in [0.5, 0.6) is 11.5 Å². The van der Waals surface area contributed by atoms with Crippen molar-refractivity contribution in [2.24, 2.45) is 5.73 Å². The highest BCUT2D eigenvalue weighted by molar-refractivity contribution is 7.87. The molecule has 3 rings (SSSR count). The Kier molecular flexibility index (Phi) is 7.26. The highest BCUT2D eigenvalue weighted by Crippen LogP contribution is 2.32. The fourth-order valence-electron chi connectivity index (χ4n) is 3.30. The zero-order chi connectivity index (χ0) is 22.5. The zero-order valence-corrected chi connectivity index (χ0v) is 19.1. The molecule has 1 atom stereocenters. The predicted molar refractivity (Wildman–Crippen MR) is 123 cm³/mol. The van der Waals surface area contributed by atoms with Crippen LogP contribution in [0.15, 0.2) is 77.7 Å². The van der Waals surface area contributed by atoms with E-state index in [1.807, 2.05) is 44.2 Å². The Labute approximate surface area is 188 Å². The topological polar surface area (TPSA) is 78.6 Å². The van der Waals surface area contributed by atoms with Gasteiger partial charge in [-0.3, -0.25) is 0 Å². The monoisotopic (exact) mass is 459 g/mol. The van der Waals surface area contributed by atoms with Crippen LogP contribution in [0.3, 0.4) is 0 Å². The zero-order valence-electron chi connectivity index (χ0n) is 17.5. The molecule has 3 aromatic carbocycles. The van der Waals surface area contributed by atoms with Crippen molar-refractivity contribution in [3.05, 3.63) is 88.9 Å². The number of benzene rings is 3. The molecule has 0 saturated carbocycles. The Morgan fingerprint density at radius 3 is 2.35 bits per heavy atom. The van der Waals surface area contributed by atoms with Crippen molar-refractivity contribution in [1.29, 1.82) is 0 Å². The average molecular weight is 460 g/mol. The van der Waals surface area contributed by atoms with Gasteiger partial charge in [-0.1, -0.05) is 67.4 Å². The summed E-state index contributed by atoms with van der Waals surface area (Å²) in [5.41, 5.74) is 7.41. The van der Waals surface area contributed by atoms with Crippen LogP contribution < -0.4 is 14.7 Å². The molecule has 31 heavy (non-hydrogen) atoms. The third kappa shape index (κ3) is 6.00. The summed E-state index contributed by atoms with van der Waals surface area (Å²) in [6.07, 6.45) is 1.61. The van der Waals surface area contributed by atoms with Crippen molar-refractivity contribution in [2.75, 3.05) is 0 Å². The second-order valence-corrected chi connectivity index (χ2v) is 9.55. The molecule has 1 unspecified atom stereocenters. The van der Waals surface area contributed by atoms with Gasteiger partial charge in [-0.05, 0) is 48.7 Å². The minimum atomic E-state index is -4.08. The molecule has 0 amide bonds. The van der Waals surface area contributed by atoms with Gasteiger partial charge in [0.25, 0.3) is 0 Å². The molecule has 0 saturated heterocycles. The van der Waals surface area contributed by atoms with Gasteiger partial charge in [-0.15, -0.1) is 0 Å². The molecule has 0 bridgehead atoms. The lowest BCUT2D eigenvalue weighted by Crippen LogP contribution is -2.33. The summed E-state index contributed by atoms with van der Waals surface area (Å²) in [7, 11) is -4.08. The minimum absolute atomic E-state index is 0.0378. The highest BCUT2D eigenvalue weighted by Gasteiger charge is 2.25. The summed E-state index contributed by atoms with van der Waals surface area (Å²) in [4.78, 5) is -0.0378. The van der Waals surface area contributed by atoms with Crippen LogP contribution in [-0.4, -0.2) is 8.42 Å². The van der Waals surface area contributed by atoms with Crippen molar-refractivity contribution in [3.63, 3.8) is 0 Å². The van der Waals surface area contributed by atoms with Crippen molar-refractivity contribution < 1.29 is 17.3 Å². The van der Waals surface area contributed by atoms with E-state index in [9.17, 15) is 8.42 Å². The van der Waals surface area contributed by atoms with E-state index in [2.05, 4.69) is 0 Å². The van der Waals surface area contributed by atoms with Crippen LogP contribution in [-0.2, 0) is 22.3 Å². The molecule has 5 nitrogen and oxygen atoms in total. The second kappa shape index (κ2) is 9.73. The third-order valence-corrected chi connectivity index (χ3v) is 6.43. The first kappa shape index (κ1) is 23.1. The average Bonchev–Trinajstić information content (AvgIpc) is 2.72. The Morgan fingerprint density at radius 1 is 0.968 bits per heavy atom. The highest BCUT2D eigenvalue weighted by atomic mass is 35.5. The molecule has 0 aliphatic heterocycles. The van der Waals surface area contributed by atoms with Gasteiger partial charge in [0.1, 0.15) is 23.0 Å². The van der Waals surface area contributed by atoms with Crippen LogP contribution in [0.25, 0.3) is 0 Å². The lowest BCUT2D eigenvalue weighted by atomic mass is 9.89. The molecule has 0 fully saturated rings. The molecule has 7 heteroatoms. The van der Waals surface area contributed by atoms with Crippen molar-refractivity contribution >= 4 is 21.7 Å². The van der Waals surface area contributed by atoms with E-state index in [1.165, 1.54) is 18.2 Å². The van der Waals surface area contributed by atoms with E-state index in [-0.39, 0.29) is 10.6 Å². The molecule has 0 heterocycles. The van der Waals surface area contributed by atoms with E-state index in [0.717, 1.165) is 18.4 Å². The summed E-state index contributed by atoms with van der Waals surface area (Å²) >= 11 is 6.36. The van der Waals surface area contributed by atoms with Gasteiger partial charge in [-0.2, -0.15) is 8.42 Å². The molecule has 0 aromatic heterocycles. The summed E-state index contributed by atoms with van der Waals surface area (Å²) in [5, 5.41) is 0.295. The van der Waals surface area contributed by atoms with E-state index in [4.69, 9.17) is 26.3 Å². The van der Waals surface area contributed by atoms with Crippen LogP contribution in [0.2, 0.25) is 5.02 Å². The van der Waals surface area contributed by atoms with Gasteiger partial charge in [0.2, 0.25) is 0 Å². The maximum Gasteiger partial charge on any atom is 0.339 e. The van der Waals surface area contributed by atoms with Gasteiger partial charge >= 0.3 is 10.1 Å². The Balaban J connectivity index is 1.75. The number of hydrogen-bond acceptors (Lipinski definition) is 5. The van der Waals surface area contributed by atoms with Gasteiger partial charge in [0.05, 0.1) is 0 Å². The molecule has 0 spiro atoms. The smallest absolute Gasteiger partial charge is 0.339 e. The fourth-order valence-corrected chi connectivity index (χ4v) is 4.71. The molecule has 0 aliphatic rings. The van der Waals surface area contributed by atoms with Gasteiger partial charge in [0.15, 0.2) is 0 Å². The maximum atomic E-state index is 12.8. The molecule has 3 aromatic rings. The summed E-state index contributed by atoms with van der Waals surface area (Å²) in [6.45, 7) is 4.27. The maximum absolute atomic E-state index is 12.8. The standard InChI is InChI=1S/C24H26ClNO4S/c1-3-14-24(2,26)22-13-12-21(16-23(22)25)31(27,28)30-20-11-7-10-19(15-20)29-17-18-8-5-4-6-9-18/h4-13,15-16H,3,14,17,26H2,1-2H3. The van der Waals surface area contributed by atoms with Crippen LogP contribution in [0.4, 0.5) is 0 Å². The van der Waals surface area contributed by atoms with Crippen LogP contribution in [0, 0.1) is 0 Å². The number of halogens is 1.